The lowest BCUT2D eigenvalue weighted by atomic mass is 10.1. The lowest BCUT2D eigenvalue weighted by Crippen LogP contribution is -2.00. The third kappa shape index (κ3) is 3.48. The molecule has 0 unspecified atom stereocenters. The number of hydrogen-bond acceptors (Lipinski definition) is 8. The highest BCUT2D eigenvalue weighted by Gasteiger charge is 2.31. The van der Waals surface area contributed by atoms with Crippen molar-refractivity contribution in [1.82, 2.24) is 0 Å². The first-order valence-corrected chi connectivity index (χ1v) is 8.10. The maximum Gasteiger partial charge on any atom is 0.297 e. The number of nitro groups is 3. The molecule has 0 saturated carbocycles. The molecular weight excluding hydrogens is 378 g/mol. The molecule has 0 aliphatic rings. The second-order valence-corrected chi connectivity index (χ2v) is 6.40. The molecule has 0 spiro atoms. The molecule has 0 radical (unpaired) electrons. The summed E-state index contributed by atoms with van der Waals surface area (Å²) in [5.74, 6) is -0.0387. The Balaban J connectivity index is 2.25. The number of phenols is 1. The molecule has 0 atom stereocenters. The predicted molar refractivity (Wildman–Crippen MR) is 96.1 cm³/mol. The molecule has 3 aromatic rings. The van der Waals surface area contributed by atoms with E-state index in [0.717, 1.165) is 11.8 Å². The zero-order valence-electron chi connectivity index (χ0n) is 13.3. The van der Waals surface area contributed by atoms with Gasteiger partial charge in [0.15, 0.2) is 4.90 Å². The molecule has 0 amide bonds. The topological polar surface area (TPSA) is 150 Å². The van der Waals surface area contributed by atoms with Gasteiger partial charge < -0.3 is 5.11 Å². The summed E-state index contributed by atoms with van der Waals surface area (Å²) in [6.45, 7) is 0. The van der Waals surface area contributed by atoms with E-state index < -0.39 is 31.8 Å². The molecule has 0 bridgehead atoms. The van der Waals surface area contributed by atoms with E-state index in [4.69, 9.17) is 0 Å². The first-order valence-electron chi connectivity index (χ1n) is 7.28. The van der Waals surface area contributed by atoms with Crippen LogP contribution < -0.4 is 0 Å². The van der Waals surface area contributed by atoms with E-state index in [0.29, 0.717) is 27.8 Å². The smallest absolute Gasteiger partial charge is 0.297 e. The Morgan fingerprint density at radius 3 is 2.00 bits per heavy atom. The van der Waals surface area contributed by atoms with Crippen LogP contribution in [0.25, 0.3) is 10.8 Å². The summed E-state index contributed by atoms with van der Waals surface area (Å²) in [5.41, 5.74) is -2.22. The van der Waals surface area contributed by atoms with Crippen LogP contribution in [0, 0.1) is 30.3 Å². The Morgan fingerprint density at radius 2 is 1.44 bits per heavy atom. The van der Waals surface area contributed by atoms with Crippen molar-refractivity contribution < 1.29 is 19.9 Å². The van der Waals surface area contributed by atoms with Crippen LogP contribution in [0.1, 0.15) is 0 Å². The largest absolute Gasteiger partial charge is 0.508 e. The lowest BCUT2D eigenvalue weighted by Gasteiger charge is -2.08. The number of hydrogen-bond donors (Lipinski definition) is 1. The number of benzene rings is 3. The van der Waals surface area contributed by atoms with Crippen molar-refractivity contribution in [1.29, 1.82) is 0 Å². The summed E-state index contributed by atoms with van der Waals surface area (Å²) in [5, 5.41) is 44.7. The molecule has 27 heavy (non-hydrogen) atoms. The number of non-ortho nitro benzene ring substituents is 1. The van der Waals surface area contributed by atoms with E-state index in [1.54, 1.807) is 24.3 Å². The molecule has 10 nitrogen and oxygen atoms in total. The molecule has 3 rings (SSSR count). The molecule has 0 fully saturated rings. The first-order chi connectivity index (χ1) is 12.8. The monoisotopic (exact) mass is 387 g/mol. The third-order valence-corrected chi connectivity index (χ3v) is 4.87. The van der Waals surface area contributed by atoms with E-state index in [1.165, 1.54) is 12.1 Å². The Hall–Kier alpha value is -3.73. The Bertz CT molecular complexity index is 1080. The Morgan fingerprint density at radius 1 is 0.815 bits per heavy atom. The van der Waals surface area contributed by atoms with Crippen molar-refractivity contribution in [3.8, 4) is 5.75 Å². The van der Waals surface area contributed by atoms with Gasteiger partial charge in [0.05, 0.1) is 26.9 Å². The zero-order chi connectivity index (χ0) is 19.7. The summed E-state index contributed by atoms with van der Waals surface area (Å²) in [7, 11) is 0. The predicted octanol–water partition coefficient (Wildman–Crippen LogP) is 4.42. The van der Waals surface area contributed by atoms with Crippen LogP contribution in [0.3, 0.4) is 0 Å². The van der Waals surface area contributed by atoms with Crippen molar-refractivity contribution in [2.45, 2.75) is 9.79 Å². The van der Waals surface area contributed by atoms with Gasteiger partial charge >= 0.3 is 0 Å². The van der Waals surface area contributed by atoms with Crippen molar-refractivity contribution in [2.75, 3.05) is 0 Å². The van der Waals surface area contributed by atoms with E-state index in [9.17, 15) is 35.4 Å². The van der Waals surface area contributed by atoms with Crippen LogP contribution in [0.15, 0.2) is 58.3 Å². The lowest BCUT2D eigenvalue weighted by molar-refractivity contribution is -0.407. The molecule has 0 aliphatic heterocycles. The first kappa shape index (κ1) is 18.1. The van der Waals surface area contributed by atoms with Crippen LogP contribution in [0.2, 0.25) is 0 Å². The second kappa shape index (κ2) is 6.88. The van der Waals surface area contributed by atoms with E-state index in [2.05, 4.69) is 0 Å². The van der Waals surface area contributed by atoms with E-state index in [1.807, 2.05) is 0 Å². The minimum absolute atomic E-state index is 0.0387. The molecule has 1 N–H and O–H groups in total. The van der Waals surface area contributed by atoms with Gasteiger partial charge in [-0.25, -0.2) is 0 Å². The summed E-state index contributed by atoms with van der Waals surface area (Å²) in [6.07, 6.45) is 0. The standard InChI is InChI=1S/C16H9N3O7S/c20-11-5-4-9-2-1-3-15(12(9)8-11)27-16-13(18(23)24)6-10(17(21)22)7-14(16)19(25)26/h1-8,20H. The minimum Gasteiger partial charge on any atom is -0.508 e. The van der Waals surface area contributed by atoms with Crippen molar-refractivity contribution in [3.05, 3.63) is 78.9 Å². The maximum atomic E-state index is 11.4. The summed E-state index contributed by atoms with van der Waals surface area (Å²) in [4.78, 5) is 31.1. The summed E-state index contributed by atoms with van der Waals surface area (Å²) in [6, 6.07) is 10.9. The fraction of sp³-hybridized carbons (Fsp3) is 0. The zero-order valence-corrected chi connectivity index (χ0v) is 14.1. The van der Waals surface area contributed by atoms with Gasteiger partial charge in [-0.2, -0.15) is 0 Å². The van der Waals surface area contributed by atoms with Gasteiger partial charge in [0, 0.05) is 4.90 Å². The number of phenolic OH excluding ortho intramolecular Hbond substituents is 1. The van der Waals surface area contributed by atoms with Crippen LogP contribution in [0.4, 0.5) is 17.1 Å². The molecule has 0 aliphatic carbocycles. The number of nitro benzene ring substituents is 3. The van der Waals surface area contributed by atoms with Crippen molar-refractivity contribution >= 4 is 39.6 Å². The fourth-order valence-electron chi connectivity index (χ4n) is 2.50. The highest BCUT2D eigenvalue weighted by Crippen LogP contribution is 2.45. The molecule has 0 saturated heterocycles. The number of aromatic hydroxyl groups is 1. The average molecular weight is 387 g/mol. The van der Waals surface area contributed by atoms with Crippen LogP contribution in [0.5, 0.6) is 5.75 Å². The molecule has 11 heteroatoms. The molecule has 0 heterocycles. The van der Waals surface area contributed by atoms with Gasteiger partial charge in [0.2, 0.25) is 0 Å². The van der Waals surface area contributed by atoms with Crippen molar-refractivity contribution in [2.24, 2.45) is 0 Å². The SMILES string of the molecule is O=[N+]([O-])c1cc([N+](=O)[O-])c(Sc2cccc3ccc(O)cc23)c([N+](=O)[O-])c1. The highest BCUT2D eigenvalue weighted by molar-refractivity contribution is 7.99. The number of nitrogens with zero attached hydrogens (tertiary/aromatic N) is 3. The number of rotatable bonds is 5. The van der Waals surface area contributed by atoms with Crippen LogP contribution in [-0.4, -0.2) is 19.9 Å². The van der Waals surface area contributed by atoms with Gasteiger partial charge in [-0.3, -0.25) is 30.3 Å². The van der Waals surface area contributed by atoms with Crippen molar-refractivity contribution in [3.63, 3.8) is 0 Å². The summed E-state index contributed by atoms with van der Waals surface area (Å²) >= 11 is 0.739. The third-order valence-electron chi connectivity index (χ3n) is 3.68. The molecular formula is C16H9N3O7S. The molecule has 3 aromatic carbocycles. The van der Waals surface area contributed by atoms with Crippen LogP contribution in [-0.2, 0) is 0 Å². The minimum atomic E-state index is -0.926. The fourth-order valence-corrected chi connectivity index (χ4v) is 3.63. The summed E-state index contributed by atoms with van der Waals surface area (Å²) < 4.78 is 0. The average Bonchev–Trinajstić information content (AvgIpc) is 2.61. The molecule has 136 valence electrons. The van der Waals surface area contributed by atoms with Gasteiger partial charge in [-0.1, -0.05) is 30.0 Å². The Labute approximate surface area is 154 Å². The van der Waals surface area contributed by atoms with Gasteiger partial charge in [0.25, 0.3) is 17.1 Å². The second-order valence-electron chi connectivity index (χ2n) is 5.35. The van der Waals surface area contributed by atoms with E-state index in [-0.39, 0.29) is 10.6 Å². The van der Waals surface area contributed by atoms with Gasteiger partial charge in [-0.15, -0.1) is 0 Å². The van der Waals surface area contributed by atoms with E-state index >= 15 is 0 Å². The van der Waals surface area contributed by atoms with Crippen LogP contribution >= 0.6 is 11.8 Å². The number of fused-ring (bicyclic) bond motifs is 1. The quantitative estimate of drug-likeness (QED) is 0.499. The van der Waals surface area contributed by atoms with Gasteiger partial charge in [-0.05, 0) is 29.0 Å². The Kier molecular flexibility index (Phi) is 4.60. The maximum absolute atomic E-state index is 11.4. The highest BCUT2D eigenvalue weighted by atomic mass is 32.2. The van der Waals surface area contributed by atoms with Gasteiger partial charge in [0.1, 0.15) is 5.75 Å². The normalized spacial score (nSPS) is 10.7. The molecule has 0 aromatic heterocycles.